The lowest BCUT2D eigenvalue weighted by molar-refractivity contribution is 0.0390. The number of amides is 1. The van der Waals surface area contributed by atoms with Crippen molar-refractivity contribution in [2.45, 2.75) is 31.8 Å². The summed E-state index contributed by atoms with van der Waals surface area (Å²) in [5.74, 6) is 0.378. The van der Waals surface area contributed by atoms with E-state index in [1.165, 1.54) is 19.4 Å². The summed E-state index contributed by atoms with van der Waals surface area (Å²) in [6.45, 7) is 5.07. The fourth-order valence-electron chi connectivity index (χ4n) is 3.07. The van der Waals surface area contributed by atoms with Gasteiger partial charge < -0.3 is 10.6 Å². The van der Waals surface area contributed by atoms with Crippen LogP contribution in [-0.2, 0) is 0 Å². The van der Waals surface area contributed by atoms with Gasteiger partial charge in [-0.05, 0) is 26.3 Å². The third-order valence-electron chi connectivity index (χ3n) is 4.03. The largest absolute Gasteiger partial charge is 0.382 e. The minimum atomic E-state index is 0.0123. The maximum Gasteiger partial charge on any atom is 0.272 e. The van der Waals surface area contributed by atoms with Crippen LogP contribution < -0.4 is 5.73 Å². The molecule has 1 aromatic heterocycles. The molecule has 18 heavy (non-hydrogen) atoms. The molecule has 2 aliphatic rings. The molecule has 2 saturated heterocycles. The number of hydrogen-bond acceptors (Lipinski definition) is 4. The number of anilines is 1. The molecule has 1 aromatic rings. The number of nitrogens with one attached hydrogen (secondary N) is 1. The van der Waals surface area contributed by atoms with Crippen molar-refractivity contribution >= 4 is 11.7 Å². The van der Waals surface area contributed by atoms with Crippen molar-refractivity contribution in [2.75, 3.05) is 25.4 Å². The molecule has 2 unspecified atom stereocenters. The average Bonchev–Trinajstić information content (AvgIpc) is 2.95. The van der Waals surface area contributed by atoms with Crippen LogP contribution in [0.15, 0.2) is 6.07 Å². The van der Waals surface area contributed by atoms with Crippen molar-refractivity contribution in [3.05, 3.63) is 11.8 Å². The van der Waals surface area contributed by atoms with Gasteiger partial charge in [-0.2, -0.15) is 5.10 Å². The van der Waals surface area contributed by atoms with E-state index >= 15 is 0 Å². The number of fused-ring (bicyclic) bond motifs is 1. The van der Waals surface area contributed by atoms with Gasteiger partial charge in [-0.15, -0.1) is 0 Å². The number of nitrogens with two attached hydrogens (primary N) is 1. The van der Waals surface area contributed by atoms with Crippen LogP contribution in [0.2, 0.25) is 0 Å². The average molecular weight is 249 g/mol. The lowest BCUT2D eigenvalue weighted by Gasteiger charge is -2.42. The van der Waals surface area contributed by atoms with Crippen LogP contribution >= 0.6 is 0 Å². The molecule has 98 valence electrons. The van der Waals surface area contributed by atoms with Crippen LogP contribution in [0.1, 0.15) is 30.3 Å². The van der Waals surface area contributed by atoms with E-state index in [4.69, 9.17) is 5.73 Å². The second kappa shape index (κ2) is 4.28. The van der Waals surface area contributed by atoms with Crippen LogP contribution in [0.4, 0.5) is 5.82 Å². The van der Waals surface area contributed by atoms with Crippen LogP contribution in [0.3, 0.4) is 0 Å². The number of H-pyrrole nitrogens is 1. The molecule has 3 rings (SSSR count). The Bertz CT molecular complexity index is 457. The fraction of sp³-hybridized carbons (Fsp3) is 0.667. The smallest absolute Gasteiger partial charge is 0.272 e. The molecule has 0 bridgehead atoms. The first kappa shape index (κ1) is 11.5. The van der Waals surface area contributed by atoms with Crippen molar-refractivity contribution in [2.24, 2.45) is 0 Å². The summed E-state index contributed by atoms with van der Waals surface area (Å²) in [6, 6.07) is 2.39. The highest BCUT2D eigenvalue weighted by Gasteiger charge is 2.37. The van der Waals surface area contributed by atoms with Crippen LogP contribution in [0.25, 0.3) is 0 Å². The van der Waals surface area contributed by atoms with Gasteiger partial charge in [0.05, 0.1) is 0 Å². The van der Waals surface area contributed by atoms with Crippen molar-refractivity contribution in [1.82, 2.24) is 20.0 Å². The first-order chi connectivity index (χ1) is 8.65. The van der Waals surface area contributed by atoms with E-state index in [9.17, 15) is 4.79 Å². The third-order valence-corrected chi connectivity index (χ3v) is 4.03. The Balaban J connectivity index is 1.77. The zero-order valence-corrected chi connectivity index (χ0v) is 10.6. The summed E-state index contributed by atoms with van der Waals surface area (Å²) >= 11 is 0. The van der Waals surface area contributed by atoms with E-state index in [1.807, 2.05) is 4.90 Å². The summed E-state index contributed by atoms with van der Waals surface area (Å²) < 4.78 is 0. The summed E-state index contributed by atoms with van der Waals surface area (Å²) in [7, 11) is 0. The maximum atomic E-state index is 12.4. The SMILES string of the molecule is CC1CN2CCCC2CN1C(=O)c1cc(N)n[nH]1. The number of carbonyl (C=O) groups is 1. The molecule has 0 spiro atoms. The number of nitrogen functional groups attached to an aromatic ring is 1. The van der Waals surface area contributed by atoms with Gasteiger partial charge in [0.1, 0.15) is 11.5 Å². The molecular weight excluding hydrogens is 230 g/mol. The molecule has 6 heteroatoms. The standard InChI is InChI=1S/C12H19N5O/c1-8-6-16-4-2-3-9(16)7-17(8)12(18)10-5-11(13)15-14-10/h5,8-9H,2-4,6-7H2,1H3,(H3,13,14,15). The van der Waals surface area contributed by atoms with Gasteiger partial charge in [0.25, 0.3) is 5.91 Å². The molecule has 0 saturated carbocycles. The highest BCUT2D eigenvalue weighted by molar-refractivity contribution is 5.93. The summed E-state index contributed by atoms with van der Waals surface area (Å²) in [5, 5.41) is 6.52. The number of rotatable bonds is 1. The highest BCUT2D eigenvalue weighted by atomic mass is 16.2. The first-order valence-electron chi connectivity index (χ1n) is 6.51. The van der Waals surface area contributed by atoms with Gasteiger partial charge in [-0.1, -0.05) is 0 Å². The number of nitrogens with zero attached hydrogens (tertiary/aromatic N) is 3. The van der Waals surface area contributed by atoms with Crippen LogP contribution in [-0.4, -0.2) is 57.6 Å². The maximum absolute atomic E-state index is 12.4. The summed E-state index contributed by atoms with van der Waals surface area (Å²) in [6.07, 6.45) is 2.44. The zero-order chi connectivity index (χ0) is 12.7. The molecule has 0 aliphatic carbocycles. The fourth-order valence-corrected chi connectivity index (χ4v) is 3.07. The van der Waals surface area contributed by atoms with Crippen LogP contribution in [0, 0.1) is 0 Å². The van der Waals surface area contributed by atoms with E-state index in [0.29, 0.717) is 17.6 Å². The Labute approximate surface area is 106 Å². The Kier molecular flexibility index (Phi) is 2.74. The Morgan fingerprint density at radius 1 is 1.56 bits per heavy atom. The van der Waals surface area contributed by atoms with E-state index in [0.717, 1.165) is 13.1 Å². The van der Waals surface area contributed by atoms with Crippen molar-refractivity contribution < 1.29 is 4.79 Å². The van der Waals surface area contributed by atoms with Gasteiger partial charge in [0.2, 0.25) is 0 Å². The quantitative estimate of drug-likeness (QED) is 0.750. The zero-order valence-electron chi connectivity index (χ0n) is 10.6. The molecule has 2 aliphatic heterocycles. The van der Waals surface area contributed by atoms with Crippen LogP contribution in [0.5, 0.6) is 0 Å². The Morgan fingerprint density at radius 3 is 3.11 bits per heavy atom. The lowest BCUT2D eigenvalue weighted by atomic mass is 10.1. The topological polar surface area (TPSA) is 78.2 Å². The number of aromatic amines is 1. The van der Waals surface area contributed by atoms with Gasteiger partial charge >= 0.3 is 0 Å². The van der Waals surface area contributed by atoms with Gasteiger partial charge in [0.15, 0.2) is 0 Å². The normalized spacial score (nSPS) is 28.4. The van der Waals surface area contributed by atoms with Gasteiger partial charge in [-0.3, -0.25) is 14.8 Å². The predicted molar refractivity (Wildman–Crippen MR) is 68.1 cm³/mol. The molecular formula is C12H19N5O. The minimum Gasteiger partial charge on any atom is -0.382 e. The molecule has 0 aromatic carbocycles. The molecule has 0 radical (unpaired) electrons. The van der Waals surface area contributed by atoms with Gasteiger partial charge in [-0.25, -0.2) is 0 Å². The summed E-state index contributed by atoms with van der Waals surface area (Å²) in [5.41, 5.74) is 6.04. The minimum absolute atomic E-state index is 0.0123. The molecule has 1 amide bonds. The number of hydrogen-bond donors (Lipinski definition) is 2. The van der Waals surface area contributed by atoms with Crippen molar-refractivity contribution in [3.8, 4) is 0 Å². The van der Waals surface area contributed by atoms with E-state index in [1.54, 1.807) is 6.07 Å². The second-order valence-electron chi connectivity index (χ2n) is 5.30. The third kappa shape index (κ3) is 1.86. The van der Waals surface area contributed by atoms with E-state index in [-0.39, 0.29) is 11.9 Å². The van der Waals surface area contributed by atoms with E-state index in [2.05, 4.69) is 22.0 Å². The second-order valence-corrected chi connectivity index (χ2v) is 5.30. The molecule has 2 atom stereocenters. The molecule has 2 fully saturated rings. The number of piperazine rings is 1. The Hall–Kier alpha value is -1.56. The molecule has 3 N–H and O–H groups in total. The molecule has 3 heterocycles. The van der Waals surface area contributed by atoms with Crippen molar-refractivity contribution in [1.29, 1.82) is 0 Å². The van der Waals surface area contributed by atoms with Crippen molar-refractivity contribution in [3.63, 3.8) is 0 Å². The lowest BCUT2D eigenvalue weighted by Crippen LogP contribution is -2.56. The highest BCUT2D eigenvalue weighted by Crippen LogP contribution is 2.25. The number of carbonyl (C=O) groups excluding carboxylic acids is 1. The van der Waals surface area contributed by atoms with Gasteiger partial charge in [0, 0.05) is 31.2 Å². The first-order valence-corrected chi connectivity index (χ1v) is 6.51. The molecule has 6 nitrogen and oxygen atoms in total. The van der Waals surface area contributed by atoms with E-state index < -0.39 is 0 Å². The monoisotopic (exact) mass is 249 g/mol. The summed E-state index contributed by atoms with van der Waals surface area (Å²) in [4.78, 5) is 16.8. The Morgan fingerprint density at radius 2 is 2.39 bits per heavy atom. The number of aromatic nitrogens is 2. The predicted octanol–water partition coefficient (Wildman–Crippen LogP) is 0.301.